The molecule has 1 aromatic rings. The van der Waals surface area contributed by atoms with Crippen LogP contribution in [0, 0.1) is 0 Å². The van der Waals surface area contributed by atoms with Crippen molar-refractivity contribution in [3.05, 3.63) is 23.2 Å². The second-order valence-corrected chi connectivity index (χ2v) is 5.92. The maximum atomic E-state index is 6.25. The molecule has 2 heterocycles. The molecule has 0 amide bonds. The Kier molecular flexibility index (Phi) is 4.06. The van der Waals surface area contributed by atoms with Gasteiger partial charge in [0.05, 0.1) is 30.0 Å². The quantitative estimate of drug-likeness (QED) is 0.930. The van der Waals surface area contributed by atoms with Crippen LogP contribution in [0.15, 0.2) is 18.2 Å². The largest absolute Gasteiger partial charge is 0.497 e. The summed E-state index contributed by atoms with van der Waals surface area (Å²) in [6.45, 7) is 2.27. The fraction of sp³-hybridized carbons (Fsp3) is 0.600. The molecule has 20 heavy (non-hydrogen) atoms. The summed E-state index contributed by atoms with van der Waals surface area (Å²) in [4.78, 5) is 0. The average Bonchev–Trinajstić information content (AvgIpc) is 2.89. The lowest BCUT2D eigenvalue weighted by Crippen LogP contribution is -2.44. The fourth-order valence-corrected chi connectivity index (χ4v) is 3.15. The van der Waals surface area contributed by atoms with Gasteiger partial charge in [0, 0.05) is 31.7 Å². The molecule has 0 saturated carbocycles. The van der Waals surface area contributed by atoms with Crippen molar-refractivity contribution in [2.45, 2.75) is 30.9 Å². The maximum absolute atomic E-state index is 6.25. The number of halogens is 1. The molecular weight excluding hydrogens is 278 g/mol. The zero-order chi connectivity index (χ0) is 14.0. The van der Waals surface area contributed by atoms with Gasteiger partial charge in [-0.1, -0.05) is 11.6 Å². The van der Waals surface area contributed by atoms with E-state index < -0.39 is 0 Å². The number of methoxy groups -OCH3 is 1. The van der Waals surface area contributed by atoms with Crippen LogP contribution in [-0.2, 0) is 9.47 Å². The van der Waals surface area contributed by atoms with Crippen molar-refractivity contribution in [1.82, 2.24) is 0 Å². The molecule has 0 aromatic heterocycles. The molecule has 0 radical (unpaired) electrons. The lowest BCUT2D eigenvalue weighted by molar-refractivity contribution is -0.0828. The summed E-state index contributed by atoms with van der Waals surface area (Å²) in [5, 5.41) is 4.24. The molecule has 3 rings (SSSR count). The van der Waals surface area contributed by atoms with Gasteiger partial charge in [0.25, 0.3) is 0 Å². The molecule has 4 nitrogen and oxygen atoms in total. The molecule has 2 aliphatic heterocycles. The standard InChI is InChI=1S/C15H20ClNO3/c1-18-12-2-3-13(16)14(8-12)17-11-4-6-20-15(9-11)5-7-19-10-15/h2-3,8,11,17H,4-7,9-10H2,1H3. The molecule has 110 valence electrons. The van der Waals surface area contributed by atoms with E-state index >= 15 is 0 Å². The Morgan fingerprint density at radius 1 is 1.40 bits per heavy atom. The predicted octanol–water partition coefficient (Wildman–Crippen LogP) is 3.10. The van der Waals surface area contributed by atoms with E-state index in [4.69, 9.17) is 25.8 Å². The van der Waals surface area contributed by atoms with E-state index in [1.807, 2.05) is 18.2 Å². The van der Waals surface area contributed by atoms with Crippen LogP contribution < -0.4 is 10.1 Å². The smallest absolute Gasteiger partial charge is 0.121 e. The summed E-state index contributed by atoms with van der Waals surface area (Å²) in [7, 11) is 1.66. The van der Waals surface area contributed by atoms with Crippen molar-refractivity contribution in [3.63, 3.8) is 0 Å². The van der Waals surface area contributed by atoms with Gasteiger partial charge in [-0.25, -0.2) is 0 Å². The first-order valence-electron chi connectivity index (χ1n) is 7.03. The zero-order valence-corrected chi connectivity index (χ0v) is 12.4. The number of benzene rings is 1. The first-order valence-corrected chi connectivity index (χ1v) is 7.40. The molecule has 0 bridgehead atoms. The van der Waals surface area contributed by atoms with Crippen molar-refractivity contribution >= 4 is 17.3 Å². The number of ether oxygens (including phenoxy) is 3. The minimum atomic E-state index is -0.0960. The summed E-state index contributed by atoms with van der Waals surface area (Å²) in [6, 6.07) is 6.02. The van der Waals surface area contributed by atoms with E-state index in [0.29, 0.717) is 17.7 Å². The molecule has 1 aromatic carbocycles. The lowest BCUT2D eigenvalue weighted by Gasteiger charge is -2.37. The highest BCUT2D eigenvalue weighted by atomic mass is 35.5. The molecular formula is C15H20ClNO3. The highest BCUT2D eigenvalue weighted by Gasteiger charge is 2.41. The third-order valence-electron chi connectivity index (χ3n) is 4.09. The van der Waals surface area contributed by atoms with Gasteiger partial charge in [0.2, 0.25) is 0 Å². The van der Waals surface area contributed by atoms with Crippen LogP contribution in [0.5, 0.6) is 5.75 Å². The van der Waals surface area contributed by atoms with E-state index in [-0.39, 0.29) is 5.60 Å². The molecule has 1 N–H and O–H groups in total. The SMILES string of the molecule is COc1ccc(Cl)c(NC2CCOC3(CCOC3)C2)c1. The monoisotopic (exact) mass is 297 g/mol. The summed E-state index contributed by atoms with van der Waals surface area (Å²) >= 11 is 6.25. The van der Waals surface area contributed by atoms with Gasteiger partial charge in [-0.3, -0.25) is 0 Å². The van der Waals surface area contributed by atoms with Crippen molar-refractivity contribution in [2.24, 2.45) is 0 Å². The summed E-state index contributed by atoms with van der Waals surface area (Å²) < 4.78 is 16.7. The molecule has 2 unspecified atom stereocenters. The highest BCUT2D eigenvalue weighted by molar-refractivity contribution is 6.33. The van der Waals surface area contributed by atoms with Crippen LogP contribution in [0.3, 0.4) is 0 Å². The third kappa shape index (κ3) is 2.87. The molecule has 1 spiro atoms. The number of rotatable bonds is 3. The number of hydrogen-bond donors (Lipinski definition) is 1. The van der Waals surface area contributed by atoms with Crippen molar-refractivity contribution in [3.8, 4) is 5.75 Å². The zero-order valence-electron chi connectivity index (χ0n) is 11.7. The van der Waals surface area contributed by atoms with Gasteiger partial charge in [0.15, 0.2) is 0 Å². The molecule has 5 heteroatoms. The Bertz CT molecular complexity index is 474. The van der Waals surface area contributed by atoms with Crippen LogP contribution >= 0.6 is 11.6 Å². The molecule has 0 aliphatic carbocycles. The summed E-state index contributed by atoms with van der Waals surface area (Å²) in [6.07, 6.45) is 2.92. The average molecular weight is 298 g/mol. The van der Waals surface area contributed by atoms with Crippen LogP contribution in [0.2, 0.25) is 5.02 Å². The Morgan fingerprint density at radius 3 is 3.05 bits per heavy atom. The van der Waals surface area contributed by atoms with Gasteiger partial charge in [-0.2, -0.15) is 0 Å². The van der Waals surface area contributed by atoms with E-state index in [1.165, 1.54) is 0 Å². The molecule has 2 aliphatic rings. The molecule has 2 atom stereocenters. The number of anilines is 1. The van der Waals surface area contributed by atoms with Crippen LogP contribution in [0.25, 0.3) is 0 Å². The Hall–Kier alpha value is -0.970. The second kappa shape index (κ2) is 5.80. The van der Waals surface area contributed by atoms with Gasteiger partial charge in [-0.05, 0) is 25.0 Å². The molecule has 2 fully saturated rings. The maximum Gasteiger partial charge on any atom is 0.121 e. The minimum Gasteiger partial charge on any atom is -0.497 e. The number of nitrogens with one attached hydrogen (secondary N) is 1. The number of hydrogen-bond acceptors (Lipinski definition) is 4. The van der Waals surface area contributed by atoms with Crippen LogP contribution in [0.1, 0.15) is 19.3 Å². The highest BCUT2D eigenvalue weighted by Crippen LogP contribution is 2.35. The van der Waals surface area contributed by atoms with Gasteiger partial charge in [-0.15, -0.1) is 0 Å². The Morgan fingerprint density at radius 2 is 2.30 bits per heavy atom. The third-order valence-corrected chi connectivity index (χ3v) is 4.42. The fourth-order valence-electron chi connectivity index (χ4n) is 2.98. The van der Waals surface area contributed by atoms with E-state index in [9.17, 15) is 0 Å². The first kappa shape index (κ1) is 14.0. The van der Waals surface area contributed by atoms with Gasteiger partial charge >= 0.3 is 0 Å². The van der Waals surface area contributed by atoms with E-state index in [0.717, 1.165) is 43.9 Å². The van der Waals surface area contributed by atoms with E-state index in [2.05, 4.69) is 5.32 Å². The van der Waals surface area contributed by atoms with E-state index in [1.54, 1.807) is 7.11 Å². The normalized spacial score (nSPS) is 29.6. The Balaban J connectivity index is 1.71. The van der Waals surface area contributed by atoms with Crippen molar-refractivity contribution < 1.29 is 14.2 Å². The van der Waals surface area contributed by atoms with Crippen molar-refractivity contribution in [1.29, 1.82) is 0 Å². The summed E-state index contributed by atoms with van der Waals surface area (Å²) in [5.74, 6) is 0.808. The van der Waals surface area contributed by atoms with Crippen LogP contribution in [-0.4, -0.2) is 38.6 Å². The lowest BCUT2D eigenvalue weighted by atomic mass is 9.89. The van der Waals surface area contributed by atoms with Crippen molar-refractivity contribution in [2.75, 3.05) is 32.2 Å². The summed E-state index contributed by atoms with van der Waals surface area (Å²) in [5.41, 5.74) is 0.827. The molecule has 2 saturated heterocycles. The predicted molar refractivity (Wildman–Crippen MR) is 78.8 cm³/mol. The van der Waals surface area contributed by atoms with Gasteiger partial charge in [0.1, 0.15) is 5.75 Å². The topological polar surface area (TPSA) is 39.7 Å². The Labute approximate surface area is 124 Å². The second-order valence-electron chi connectivity index (χ2n) is 5.51. The first-order chi connectivity index (χ1) is 9.71. The minimum absolute atomic E-state index is 0.0960. The van der Waals surface area contributed by atoms with Crippen LogP contribution in [0.4, 0.5) is 5.69 Å². The van der Waals surface area contributed by atoms with Gasteiger partial charge < -0.3 is 19.5 Å².